The molecule has 0 heterocycles. The first-order valence-corrected chi connectivity index (χ1v) is 7.91. The molecule has 5 nitrogen and oxygen atoms in total. The lowest BCUT2D eigenvalue weighted by atomic mass is 10.2. The Hall–Kier alpha value is -2.24. The number of halogens is 2. The van der Waals surface area contributed by atoms with E-state index in [1.807, 2.05) is 6.92 Å². The van der Waals surface area contributed by atoms with Crippen LogP contribution in [0.4, 0.5) is 0 Å². The molecule has 0 bridgehead atoms. The van der Waals surface area contributed by atoms with Crippen molar-refractivity contribution in [2.75, 3.05) is 0 Å². The highest BCUT2D eigenvalue weighted by molar-refractivity contribution is 6.33. The molecule has 2 rings (SSSR count). The molecule has 0 aliphatic heterocycles. The van der Waals surface area contributed by atoms with Crippen LogP contribution in [0.3, 0.4) is 0 Å². The van der Waals surface area contributed by atoms with Gasteiger partial charge in [0.25, 0.3) is 11.8 Å². The van der Waals surface area contributed by atoms with E-state index < -0.39 is 17.9 Å². The number of carbonyl (C=O) groups is 2. The Kier molecular flexibility index (Phi) is 6.06. The second-order valence-corrected chi connectivity index (χ2v) is 5.94. The summed E-state index contributed by atoms with van der Waals surface area (Å²) in [5, 5.41) is 0.884. The Labute approximate surface area is 149 Å². The Morgan fingerprint density at radius 2 is 1.79 bits per heavy atom. The summed E-state index contributed by atoms with van der Waals surface area (Å²) in [7, 11) is 0. The molecule has 0 saturated heterocycles. The van der Waals surface area contributed by atoms with Gasteiger partial charge in [-0.3, -0.25) is 20.4 Å². The Morgan fingerprint density at radius 3 is 2.46 bits per heavy atom. The number of hydrazine groups is 1. The third-order valence-corrected chi connectivity index (χ3v) is 3.79. The summed E-state index contributed by atoms with van der Waals surface area (Å²) in [4.78, 5) is 24.0. The van der Waals surface area contributed by atoms with Crippen molar-refractivity contribution in [3.8, 4) is 5.75 Å². The fraction of sp³-hybridized carbons (Fsp3) is 0.176. The van der Waals surface area contributed by atoms with Gasteiger partial charge in [0.2, 0.25) is 0 Å². The maximum absolute atomic E-state index is 12.0. The van der Waals surface area contributed by atoms with E-state index >= 15 is 0 Å². The largest absolute Gasteiger partial charge is 0.481 e. The Bertz CT molecular complexity index is 765. The number of amides is 2. The lowest BCUT2D eigenvalue weighted by molar-refractivity contribution is -0.128. The summed E-state index contributed by atoms with van der Waals surface area (Å²) < 4.78 is 5.58. The first-order valence-electron chi connectivity index (χ1n) is 7.16. The topological polar surface area (TPSA) is 67.4 Å². The molecular weight excluding hydrogens is 351 g/mol. The third kappa shape index (κ3) is 4.63. The Balaban J connectivity index is 1.92. The predicted octanol–water partition coefficient (Wildman–Crippen LogP) is 3.53. The highest BCUT2D eigenvalue weighted by Crippen LogP contribution is 2.22. The molecule has 0 fully saturated rings. The minimum absolute atomic E-state index is 0.265. The van der Waals surface area contributed by atoms with Crippen molar-refractivity contribution in [1.29, 1.82) is 0 Å². The van der Waals surface area contributed by atoms with Crippen LogP contribution in [0.2, 0.25) is 10.0 Å². The van der Waals surface area contributed by atoms with E-state index in [4.69, 9.17) is 27.9 Å². The molecule has 2 amide bonds. The van der Waals surface area contributed by atoms with Crippen LogP contribution in [-0.2, 0) is 4.79 Å². The van der Waals surface area contributed by atoms with E-state index in [1.165, 1.54) is 0 Å². The monoisotopic (exact) mass is 366 g/mol. The smallest absolute Gasteiger partial charge is 0.279 e. The van der Waals surface area contributed by atoms with Gasteiger partial charge in [0.05, 0.1) is 10.6 Å². The molecule has 0 aliphatic carbocycles. The van der Waals surface area contributed by atoms with Crippen LogP contribution in [0.5, 0.6) is 5.75 Å². The van der Waals surface area contributed by atoms with Crippen LogP contribution in [0.1, 0.15) is 22.8 Å². The molecule has 24 heavy (non-hydrogen) atoms. The van der Waals surface area contributed by atoms with E-state index in [-0.39, 0.29) is 5.56 Å². The van der Waals surface area contributed by atoms with Crippen molar-refractivity contribution >= 4 is 35.0 Å². The molecule has 0 saturated carbocycles. The predicted molar refractivity (Wildman–Crippen MR) is 93.3 cm³/mol. The summed E-state index contributed by atoms with van der Waals surface area (Å²) in [5.74, 6) is -0.465. The van der Waals surface area contributed by atoms with Crippen molar-refractivity contribution < 1.29 is 14.3 Å². The summed E-state index contributed by atoms with van der Waals surface area (Å²) in [6, 6.07) is 11.6. The Morgan fingerprint density at radius 1 is 1.08 bits per heavy atom. The van der Waals surface area contributed by atoms with Gasteiger partial charge in [-0.15, -0.1) is 0 Å². The zero-order valence-electron chi connectivity index (χ0n) is 13.1. The summed E-state index contributed by atoms with van der Waals surface area (Å²) in [6.07, 6.45) is -0.809. The van der Waals surface area contributed by atoms with E-state index in [2.05, 4.69) is 10.9 Å². The molecule has 2 aromatic carbocycles. The zero-order valence-corrected chi connectivity index (χ0v) is 14.6. The number of hydrogen-bond acceptors (Lipinski definition) is 3. The van der Waals surface area contributed by atoms with Gasteiger partial charge in [0.1, 0.15) is 5.75 Å². The molecule has 0 radical (unpaired) electrons. The molecule has 2 N–H and O–H groups in total. The normalized spacial score (nSPS) is 11.5. The van der Waals surface area contributed by atoms with E-state index in [9.17, 15) is 9.59 Å². The number of benzene rings is 2. The number of hydrogen-bond donors (Lipinski definition) is 2. The van der Waals surface area contributed by atoms with Crippen molar-refractivity contribution in [2.24, 2.45) is 0 Å². The van der Waals surface area contributed by atoms with E-state index in [1.54, 1.807) is 49.4 Å². The average molecular weight is 367 g/mol. The van der Waals surface area contributed by atoms with Crippen molar-refractivity contribution in [3.05, 3.63) is 63.6 Å². The molecule has 0 spiro atoms. The first kappa shape index (κ1) is 18.1. The number of aryl methyl sites for hydroxylation is 1. The summed E-state index contributed by atoms with van der Waals surface area (Å²) in [5.41, 5.74) is 5.69. The van der Waals surface area contributed by atoms with Gasteiger partial charge < -0.3 is 4.74 Å². The van der Waals surface area contributed by atoms with Crippen molar-refractivity contribution in [3.63, 3.8) is 0 Å². The second-order valence-electron chi connectivity index (χ2n) is 5.09. The van der Waals surface area contributed by atoms with Gasteiger partial charge in [-0.25, -0.2) is 0 Å². The maximum Gasteiger partial charge on any atom is 0.279 e. The molecule has 126 valence electrons. The molecule has 2 aromatic rings. The molecule has 0 aliphatic rings. The van der Waals surface area contributed by atoms with Gasteiger partial charge >= 0.3 is 0 Å². The highest BCUT2D eigenvalue weighted by atomic mass is 35.5. The lowest BCUT2D eigenvalue weighted by Crippen LogP contribution is -2.47. The van der Waals surface area contributed by atoms with Crippen LogP contribution in [0.15, 0.2) is 42.5 Å². The molecule has 1 unspecified atom stereocenters. The number of carbonyl (C=O) groups excluding carboxylic acids is 2. The average Bonchev–Trinajstić information content (AvgIpc) is 2.55. The number of ether oxygens (including phenoxy) is 1. The van der Waals surface area contributed by atoms with E-state index in [0.29, 0.717) is 15.8 Å². The fourth-order valence-electron chi connectivity index (χ4n) is 1.92. The highest BCUT2D eigenvalue weighted by Gasteiger charge is 2.17. The molecule has 7 heteroatoms. The fourth-order valence-corrected chi connectivity index (χ4v) is 2.37. The van der Waals surface area contributed by atoms with Crippen LogP contribution >= 0.6 is 23.2 Å². The molecule has 1 atom stereocenters. The standard InChI is InChI=1S/C17H16Cl2N2O3/c1-10-9-12(18)7-8-15(10)24-11(2)16(22)20-21-17(23)13-5-3-4-6-14(13)19/h3-9,11H,1-2H3,(H,20,22)(H,21,23). The van der Waals surface area contributed by atoms with Crippen molar-refractivity contribution in [1.82, 2.24) is 10.9 Å². The quantitative estimate of drug-likeness (QED) is 0.813. The van der Waals surface area contributed by atoms with Crippen LogP contribution in [0.25, 0.3) is 0 Å². The van der Waals surface area contributed by atoms with Gasteiger partial charge in [0, 0.05) is 5.02 Å². The summed E-state index contributed by atoms with van der Waals surface area (Å²) in [6.45, 7) is 3.40. The zero-order chi connectivity index (χ0) is 17.7. The molecular formula is C17H16Cl2N2O3. The van der Waals surface area contributed by atoms with Crippen LogP contribution < -0.4 is 15.6 Å². The minimum Gasteiger partial charge on any atom is -0.481 e. The SMILES string of the molecule is Cc1cc(Cl)ccc1OC(C)C(=O)NNC(=O)c1ccccc1Cl. The first-order chi connectivity index (χ1) is 11.4. The third-order valence-electron chi connectivity index (χ3n) is 3.23. The van der Waals surface area contributed by atoms with E-state index in [0.717, 1.165) is 5.56 Å². The maximum atomic E-state index is 12.0. The minimum atomic E-state index is -0.809. The lowest BCUT2D eigenvalue weighted by Gasteiger charge is -2.16. The van der Waals surface area contributed by atoms with Crippen molar-refractivity contribution in [2.45, 2.75) is 20.0 Å². The van der Waals surface area contributed by atoms with Crippen LogP contribution in [-0.4, -0.2) is 17.9 Å². The van der Waals surface area contributed by atoms with Gasteiger partial charge in [0.15, 0.2) is 6.10 Å². The molecule has 0 aromatic heterocycles. The van der Waals surface area contributed by atoms with Gasteiger partial charge in [-0.05, 0) is 49.7 Å². The second kappa shape index (κ2) is 8.04. The van der Waals surface area contributed by atoms with Crippen LogP contribution in [0, 0.1) is 6.92 Å². The number of nitrogens with one attached hydrogen (secondary N) is 2. The van der Waals surface area contributed by atoms with Gasteiger partial charge in [-0.2, -0.15) is 0 Å². The number of rotatable bonds is 4. The summed E-state index contributed by atoms with van der Waals surface area (Å²) >= 11 is 11.8. The van der Waals surface area contributed by atoms with Gasteiger partial charge in [-0.1, -0.05) is 35.3 Å².